The summed E-state index contributed by atoms with van der Waals surface area (Å²) >= 11 is 0. The van der Waals surface area contributed by atoms with Gasteiger partial charge in [-0.15, -0.1) is 0 Å². The van der Waals surface area contributed by atoms with Crippen LogP contribution in [0.15, 0.2) is 0 Å². The number of carbonyl (C=O) groups excluding carboxylic acids is 1. The Morgan fingerprint density at radius 1 is 0.750 bits per heavy atom. The molecule has 0 aliphatic rings. The molecule has 0 aliphatic carbocycles. The van der Waals surface area contributed by atoms with Crippen molar-refractivity contribution in [3.8, 4) is 0 Å². The van der Waals surface area contributed by atoms with Crippen LogP contribution in [0.4, 0.5) is 39.5 Å². The van der Waals surface area contributed by atoms with E-state index in [1.807, 2.05) is 0 Å². The Labute approximate surface area is 128 Å². The zero-order chi connectivity index (χ0) is 19.2. The van der Waals surface area contributed by atoms with Crippen LogP contribution in [0.5, 0.6) is 0 Å². The minimum atomic E-state index is -5.06. The lowest BCUT2D eigenvalue weighted by Crippen LogP contribution is -2.23. The molecule has 0 aromatic heterocycles. The molecule has 0 spiro atoms. The van der Waals surface area contributed by atoms with Crippen LogP contribution in [0.25, 0.3) is 0 Å². The third-order valence-corrected chi connectivity index (χ3v) is 3.65. The van der Waals surface area contributed by atoms with Gasteiger partial charge in [0.15, 0.2) is 19.8 Å². The number of carbonyl (C=O) groups is 1. The molecule has 0 aromatic carbocycles. The number of ether oxygens (including phenoxy) is 1. The normalized spacial score (nSPS) is 13.9. The van der Waals surface area contributed by atoms with E-state index in [0.717, 1.165) is 0 Å². The molecule has 0 fully saturated rings. The summed E-state index contributed by atoms with van der Waals surface area (Å²) in [5, 5.41) is 0. The Morgan fingerprint density at radius 3 is 1.46 bits per heavy atom. The Kier molecular flexibility index (Phi) is 8.03. The highest BCUT2D eigenvalue weighted by Gasteiger charge is 2.39. The number of rotatable bonds is 8. The summed E-state index contributed by atoms with van der Waals surface area (Å²) < 4.78 is 130. The predicted octanol–water partition coefficient (Wildman–Crippen LogP) is 3.83. The molecule has 0 N–H and O–H groups in total. The fourth-order valence-corrected chi connectivity index (χ4v) is 2.45. The van der Waals surface area contributed by atoms with E-state index in [-0.39, 0.29) is 0 Å². The topological polar surface area (TPSA) is 61.8 Å². The first-order valence-electron chi connectivity index (χ1n) is 5.75. The van der Waals surface area contributed by atoms with Crippen LogP contribution < -0.4 is 0 Å². The van der Waals surface area contributed by atoms with Crippen molar-refractivity contribution in [3.05, 3.63) is 0 Å². The van der Waals surface area contributed by atoms with Gasteiger partial charge in [-0.1, -0.05) is 0 Å². The molecule has 24 heavy (non-hydrogen) atoms. The van der Waals surface area contributed by atoms with Gasteiger partial charge in [-0.05, 0) is 0 Å². The van der Waals surface area contributed by atoms with E-state index in [0.29, 0.717) is 0 Å². The highest BCUT2D eigenvalue weighted by molar-refractivity contribution is 7.53. The zero-order valence-electron chi connectivity index (χ0n) is 11.4. The molecular formula is C9H10F9O5P. The van der Waals surface area contributed by atoms with Gasteiger partial charge in [-0.25, -0.2) is 0 Å². The molecule has 15 heteroatoms. The van der Waals surface area contributed by atoms with Gasteiger partial charge < -0.3 is 4.74 Å². The molecule has 0 unspecified atom stereocenters. The Hall–Kier alpha value is -1.01. The Morgan fingerprint density at radius 2 is 1.12 bits per heavy atom. The summed E-state index contributed by atoms with van der Waals surface area (Å²) in [6.45, 7) is -6.50. The lowest BCUT2D eigenvalue weighted by molar-refractivity contribution is -0.186. The predicted molar refractivity (Wildman–Crippen MR) is 58.1 cm³/mol. The first-order chi connectivity index (χ1) is 10.5. The van der Waals surface area contributed by atoms with Gasteiger partial charge in [0.1, 0.15) is 0 Å². The maximum atomic E-state index is 12.0. The van der Waals surface area contributed by atoms with E-state index in [9.17, 15) is 48.9 Å². The minimum absolute atomic E-state index is 1.21. The van der Waals surface area contributed by atoms with Crippen LogP contribution in [0.3, 0.4) is 0 Å². The van der Waals surface area contributed by atoms with Crippen LogP contribution in [0.2, 0.25) is 0 Å². The summed E-state index contributed by atoms with van der Waals surface area (Å²) in [6, 6.07) is 0. The molecule has 0 aliphatic heterocycles. The van der Waals surface area contributed by atoms with E-state index in [1.165, 1.54) is 0 Å². The first kappa shape index (κ1) is 23.0. The average molecular weight is 400 g/mol. The number of hydrogen-bond acceptors (Lipinski definition) is 5. The molecule has 0 bridgehead atoms. The van der Waals surface area contributed by atoms with Crippen LogP contribution in [0, 0.1) is 0 Å². The van der Waals surface area contributed by atoms with Crippen LogP contribution in [-0.2, 0) is 23.1 Å². The maximum absolute atomic E-state index is 12.0. The van der Waals surface area contributed by atoms with Crippen molar-refractivity contribution in [1.82, 2.24) is 0 Å². The minimum Gasteiger partial charge on any atom is -0.456 e. The van der Waals surface area contributed by atoms with E-state index in [4.69, 9.17) is 0 Å². The van der Waals surface area contributed by atoms with Crippen molar-refractivity contribution >= 4 is 13.6 Å². The summed E-state index contributed by atoms with van der Waals surface area (Å²) in [6.07, 6.45) is -17.5. The summed E-state index contributed by atoms with van der Waals surface area (Å²) in [5.41, 5.74) is 0. The summed E-state index contributed by atoms with van der Waals surface area (Å²) in [4.78, 5) is 10.9. The highest BCUT2D eigenvalue weighted by Crippen LogP contribution is 2.50. The Bertz CT molecular complexity index is 434. The van der Waals surface area contributed by atoms with Crippen molar-refractivity contribution in [3.63, 3.8) is 0 Å². The molecule has 0 amide bonds. The van der Waals surface area contributed by atoms with Crippen molar-refractivity contribution in [1.29, 1.82) is 0 Å². The monoisotopic (exact) mass is 400 g/mol. The molecule has 0 atom stereocenters. The van der Waals surface area contributed by atoms with Gasteiger partial charge in [0, 0.05) is 0 Å². The molecule has 0 heterocycles. The second-order valence-electron chi connectivity index (χ2n) is 4.14. The van der Waals surface area contributed by atoms with Crippen molar-refractivity contribution in [2.24, 2.45) is 0 Å². The third kappa shape index (κ3) is 13.4. The highest BCUT2D eigenvalue weighted by atomic mass is 31.2. The smallest absolute Gasteiger partial charge is 0.422 e. The molecule has 144 valence electrons. The second kappa shape index (κ2) is 8.39. The van der Waals surface area contributed by atoms with Crippen LogP contribution in [0.1, 0.15) is 6.42 Å². The third-order valence-electron chi connectivity index (χ3n) is 1.84. The van der Waals surface area contributed by atoms with Crippen molar-refractivity contribution < 1.29 is 62.7 Å². The van der Waals surface area contributed by atoms with Crippen LogP contribution in [-0.4, -0.2) is 50.5 Å². The average Bonchev–Trinajstić information content (AvgIpc) is 2.36. The van der Waals surface area contributed by atoms with E-state index >= 15 is 0 Å². The van der Waals surface area contributed by atoms with Crippen molar-refractivity contribution in [2.45, 2.75) is 24.9 Å². The molecule has 5 nitrogen and oxygen atoms in total. The zero-order valence-corrected chi connectivity index (χ0v) is 12.3. The molecule has 0 rings (SSSR count). The van der Waals surface area contributed by atoms with Gasteiger partial charge in [0.05, 0.1) is 12.6 Å². The number of halogens is 9. The standard InChI is InChI=1S/C9H10F9O5P/c10-7(11,12)3-21-6(19)1-2-24(20,22-4-8(13,14)15)23-5-9(16,17)18/h1-5H2. The SMILES string of the molecule is O=C(CCP(=O)(OCC(F)(F)F)OCC(F)(F)F)OCC(F)(F)F. The molecule has 0 saturated carbocycles. The Balaban J connectivity index is 4.69. The largest absolute Gasteiger partial charge is 0.456 e. The van der Waals surface area contributed by atoms with Gasteiger partial charge >= 0.3 is 32.1 Å². The van der Waals surface area contributed by atoms with Gasteiger partial charge in [-0.3, -0.25) is 18.4 Å². The van der Waals surface area contributed by atoms with E-state index in [1.54, 1.807) is 0 Å². The molecule has 0 aromatic rings. The summed E-state index contributed by atoms with van der Waals surface area (Å²) in [7, 11) is -5.05. The number of esters is 1. The number of hydrogen-bond donors (Lipinski definition) is 0. The fraction of sp³-hybridized carbons (Fsp3) is 0.889. The molecular weight excluding hydrogens is 390 g/mol. The van der Waals surface area contributed by atoms with Gasteiger partial charge in [0.25, 0.3) is 0 Å². The van der Waals surface area contributed by atoms with Gasteiger partial charge in [-0.2, -0.15) is 39.5 Å². The lowest BCUT2D eigenvalue weighted by atomic mass is 10.5. The maximum Gasteiger partial charge on any atom is 0.422 e. The molecule has 0 radical (unpaired) electrons. The van der Waals surface area contributed by atoms with Crippen molar-refractivity contribution in [2.75, 3.05) is 26.0 Å². The molecule has 0 saturated heterocycles. The quantitative estimate of drug-likeness (QED) is 0.352. The van der Waals surface area contributed by atoms with E-state index in [2.05, 4.69) is 13.8 Å². The number of alkyl halides is 9. The lowest BCUT2D eigenvalue weighted by Gasteiger charge is -2.20. The van der Waals surface area contributed by atoms with E-state index < -0.39 is 64.5 Å². The summed E-state index contributed by atoms with van der Waals surface area (Å²) in [5.74, 6) is -1.65. The van der Waals surface area contributed by atoms with Crippen LogP contribution >= 0.6 is 7.60 Å². The first-order valence-corrected chi connectivity index (χ1v) is 7.48. The second-order valence-corrected chi connectivity index (χ2v) is 6.32. The van der Waals surface area contributed by atoms with Gasteiger partial charge in [0.2, 0.25) is 0 Å². The fourth-order valence-electron chi connectivity index (χ4n) is 0.972.